The van der Waals surface area contributed by atoms with Crippen molar-refractivity contribution >= 4 is 77.2 Å². The summed E-state index contributed by atoms with van der Waals surface area (Å²) in [6.45, 7) is 3.27. The minimum atomic E-state index is -1.58. The number of aliphatic hydroxyl groups excluding tert-OH is 1. The number of unbranched alkanes of at least 4 members (excludes halogenated alkanes) is 11. The van der Waals surface area contributed by atoms with Crippen LogP contribution in [0.3, 0.4) is 0 Å². The molecule has 1 atom stereocenters. The van der Waals surface area contributed by atoms with Gasteiger partial charge >= 0.3 is 71.3 Å². The summed E-state index contributed by atoms with van der Waals surface area (Å²) in [6.07, 6.45) is 16.9. The number of hydrogen-bond donors (Lipinski definition) is 3. The monoisotopic (exact) mass is 518 g/mol. The van der Waals surface area contributed by atoms with Gasteiger partial charge in [0.2, 0.25) is 5.91 Å². The van der Waals surface area contributed by atoms with E-state index in [1.165, 1.54) is 49.8 Å². The summed E-state index contributed by atoms with van der Waals surface area (Å²) in [4.78, 5) is 36.2. The van der Waals surface area contributed by atoms with E-state index in [1.807, 2.05) is 0 Å². The molecule has 1 unspecified atom stereocenters. The van der Waals surface area contributed by atoms with Crippen molar-refractivity contribution in [3.05, 3.63) is 12.2 Å². The van der Waals surface area contributed by atoms with Crippen molar-refractivity contribution in [2.75, 3.05) is 19.7 Å². The summed E-state index contributed by atoms with van der Waals surface area (Å²) in [5.74, 6) is -0.190. The molecule has 0 fully saturated rings. The van der Waals surface area contributed by atoms with Crippen molar-refractivity contribution in [2.45, 2.75) is 110 Å². The topological polar surface area (TPSA) is 118 Å². The number of carboxylic acid groups (broad SMARTS) is 2. The van der Waals surface area contributed by atoms with Gasteiger partial charge in [-0.3, -0.25) is 4.79 Å². The Kier molecular flexibility index (Phi) is 30.4. The van der Waals surface area contributed by atoms with E-state index in [1.54, 1.807) is 6.92 Å². The molecule has 35 heavy (non-hydrogen) atoms. The molecule has 3 N–H and O–H groups in total. The van der Waals surface area contributed by atoms with Crippen molar-refractivity contribution in [3.63, 3.8) is 0 Å². The van der Waals surface area contributed by atoms with Gasteiger partial charge in [0.1, 0.15) is 0 Å². The SMILES string of the molecule is CCCCCCCC/C=C\CCCCCCCC(=O)N(CCO)C(C)CN(C(=O)O)C(=O)O.[NaH].[NaH]. The first-order valence-electron chi connectivity index (χ1n) is 12.6. The van der Waals surface area contributed by atoms with Crippen LogP contribution in [0, 0.1) is 0 Å². The van der Waals surface area contributed by atoms with Gasteiger partial charge in [-0.05, 0) is 39.0 Å². The van der Waals surface area contributed by atoms with Gasteiger partial charge in [0, 0.05) is 19.0 Å². The van der Waals surface area contributed by atoms with Gasteiger partial charge in [-0.1, -0.05) is 70.4 Å². The van der Waals surface area contributed by atoms with Gasteiger partial charge in [-0.2, -0.15) is 0 Å². The van der Waals surface area contributed by atoms with E-state index in [4.69, 9.17) is 10.2 Å². The molecule has 0 aliphatic rings. The summed E-state index contributed by atoms with van der Waals surface area (Å²) in [6, 6.07) is -0.639. The Labute approximate surface area is 256 Å². The Morgan fingerprint density at radius 1 is 0.771 bits per heavy atom. The Morgan fingerprint density at radius 3 is 1.69 bits per heavy atom. The first-order valence-corrected chi connectivity index (χ1v) is 12.6. The Bertz CT molecular complexity index is 564. The van der Waals surface area contributed by atoms with Crippen LogP contribution in [0.4, 0.5) is 9.59 Å². The van der Waals surface area contributed by atoms with Gasteiger partial charge in [0.15, 0.2) is 0 Å². The van der Waals surface area contributed by atoms with Gasteiger partial charge < -0.3 is 20.2 Å². The molecule has 0 rings (SSSR count). The number of rotatable bonds is 20. The van der Waals surface area contributed by atoms with E-state index in [2.05, 4.69) is 19.1 Å². The second-order valence-corrected chi connectivity index (χ2v) is 8.67. The molecule has 0 aromatic heterocycles. The van der Waals surface area contributed by atoms with E-state index in [0.29, 0.717) is 6.42 Å². The Hall–Kier alpha value is -0.0900. The van der Waals surface area contributed by atoms with Crippen LogP contribution >= 0.6 is 0 Å². The average Bonchev–Trinajstić information content (AvgIpc) is 2.77. The number of amides is 3. The van der Waals surface area contributed by atoms with E-state index in [-0.39, 0.29) is 89.6 Å². The number of allylic oxidation sites excluding steroid dienone is 2. The van der Waals surface area contributed by atoms with Crippen molar-refractivity contribution in [2.24, 2.45) is 0 Å². The van der Waals surface area contributed by atoms with E-state index >= 15 is 0 Å². The van der Waals surface area contributed by atoms with E-state index in [0.717, 1.165) is 38.5 Å². The van der Waals surface area contributed by atoms with Crippen LogP contribution in [0.5, 0.6) is 0 Å². The molecule has 0 heterocycles. The average molecular weight is 519 g/mol. The summed E-state index contributed by atoms with van der Waals surface area (Å²) in [5, 5.41) is 27.2. The van der Waals surface area contributed by atoms with Crippen LogP contribution < -0.4 is 0 Å². The number of carbonyl (C=O) groups is 3. The maximum absolute atomic E-state index is 12.5. The molecule has 0 aromatic rings. The van der Waals surface area contributed by atoms with Crippen molar-refractivity contribution < 1.29 is 29.7 Å². The molecule has 0 spiro atoms. The summed E-state index contributed by atoms with van der Waals surface area (Å²) < 4.78 is 0. The quantitative estimate of drug-likeness (QED) is 0.123. The molecule has 0 bridgehead atoms. The normalized spacial score (nSPS) is 11.4. The van der Waals surface area contributed by atoms with Crippen LogP contribution in [0.25, 0.3) is 0 Å². The van der Waals surface area contributed by atoms with Crippen LogP contribution in [-0.2, 0) is 4.79 Å². The number of aliphatic hydroxyl groups is 1. The summed E-state index contributed by atoms with van der Waals surface area (Å²) >= 11 is 0. The van der Waals surface area contributed by atoms with Crippen LogP contribution in [-0.4, -0.2) is 128 Å². The van der Waals surface area contributed by atoms with Gasteiger partial charge in [-0.25, -0.2) is 14.5 Å². The zero-order valence-corrected chi connectivity index (χ0v) is 20.7. The molecule has 0 aliphatic heterocycles. The number of carbonyl (C=O) groups excluding carboxylic acids is 1. The van der Waals surface area contributed by atoms with Crippen LogP contribution in [0.2, 0.25) is 0 Å². The second kappa shape index (κ2) is 27.0. The first-order chi connectivity index (χ1) is 15.8. The van der Waals surface area contributed by atoms with Crippen molar-refractivity contribution in [1.82, 2.24) is 9.80 Å². The van der Waals surface area contributed by atoms with Crippen LogP contribution in [0.15, 0.2) is 12.2 Å². The molecule has 8 nitrogen and oxygen atoms in total. The Morgan fingerprint density at radius 2 is 1.23 bits per heavy atom. The van der Waals surface area contributed by atoms with Gasteiger partial charge in [0.25, 0.3) is 0 Å². The zero-order chi connectivity index (χ0) is 24.9. The molecule has 3 amide bonds. The molecule has 196 valence electrons. The fourth-order valence-corrected chi connectivity index (χ4v) is 3.79. The number of nitrogens with zero attached hydrogens (tertiary/aromatic N) is 2. The number of imide groups is 1. The third-order valence-electron chi connectivity index (χ3n) is 5.75. The molecular weight excluding hydrogens is 470 g/mol. The van der Waals surface area contributed by atoms with Gasteiger partial charge in [0.05, 0.1) is 13.2 Å². The summed E-state index contributed by atoms with van der Waals surface area (Å²) in [7, 11) is 0. The fraction of sp³-hybridized carbons (Fsp3) is 0.800. The van der Waals surface area contributed by atoms with Crippen molar-refractivity contribution in [1.29, 1.82) is 0 Å². The second-order valence-electron chi connectivity index (χ2n) is 8.67. The van der Waals surface area contributed by atoms with E-state index in [9.17, 15) is 19.5 Å². The third kappa shape index (κ3) is 21.7. The maximum atomic E-state index is 12.5. The van der Waals surface area contributed by atoms with Crippen molar-refractivity contribution in [3.8, 4) is 0 Å². The molecule has 0 saturated heterocycles. The van der Waals surface area contributed by atoms with Gasteiger partial charge in [-0.15, -0.1) is 0 Å². The minimum absolute atomic E-state index is 0. The first kappa shape index (κ1) is 39.4. The predicted octanol–water partition coefficient (Wildman–Crippen LogP) is 4.59. The molecule has 0 radical (unpaired) electrons. The third-order valence-corrected chi connectivity index (χ3v) is 5.75. The van der Waals surface area contributed by atoms with E-state index < -0.39 is 18.2 Å². The molecule has 0 aliphatic carbocycles. The molecule has 10 heteroatoms. The molecule has 0 saturated carbocycles. The summed E-state index contributed by atoms with van der Waals surface area (Å²) in [5.41, 5.74) is 0. The van der Waals surface area contributed by atoms with Crippen LogP contribution in [0.1, 0.15) is 104 Å². The predicted molar refractivity (Wildman–Crippen MR) is 145 cm³/mol. The fourth-order valence-electron chi connectivity index (χ4n) is 3.79. The number of hydrogen-bond acceptors (Lipinski definition) is 4. The molecular formula is C25H48N2Na2O6. The molecule has 0 aromatic carbocycles. The zero-order valence-electron chi connectivity index (χ0n) is 20.7. The Balaban J connectivity index is -0.00000512. The standard InChI is InChI=1S/C25H46N2O6.2Na.2H/c1-3-4-5-6-7-8-9-10-11-12-13-14-15-16-17-18-23(29)26(19-20-28)22(2)21-27(24(30)31)25(32)33;;;;/h10-11,22,28H,3-9,12-21H2,1-2H3,(H,30,31)(H,32,33);;;;/b11-10-;;;;.